The van der Waals surface area contributed by atoms with Crippen LogP contribution in [0.1, 0.15) is 15.9 Å². The number of aliphatic carboxylic acids is 1. The van der Waals surface area contributed by atoms with Gasteiger partial charge in [-0.3, -0.25) is 9.59 Å². The Hall–Kier alpha value is -2.37. The van der Waals surface area contributed by atoms with Gasteiger partial charge in [0.05, 0.1) is 6.04 Å². The van der Waals surface area contributed by atoms with E-state index >= 15 is 0 Å². The molecule has 0 radical (unpaired) electrons. The van der Waals surface area contributed by atoms with E-state index in [4.69, 9.17) is 10.8 Å². The highest BCUT2D eigenvalue weighted by atomic mass is 35.5. The van der Waals surface area contributed by atoms with Gasteiger partial charge in [0, 0.05) is 5.56 Å². The van der Waals surface area contributed by atoms with E-state index in [9.17, 15) is 9.59 Å². The number of hydrogen-bond donors (Lipinski definition) is 3. The van der Waals surface area contributed by atoms with Crippen molar-refractivity contribution in [3.8, 4) is 0 Å². The van der Waals surface area contributed by atoms with Crippen LogP contribution >= 0.6 is 12.4 Å². The molecule has 0 bridgehead atoms. The van der Waals surface area contributed by atoms with Gasteiger partial charge in [0.1, 0.15) is 6.04 Å². The van der Waals surface area contributed by atoms with E-state index in [0.717, 1.165) is 5.56 Å². The third kappa shape index (κ3) is 5.39. The normalized spacial score (nSPS) is 12.6. The molecule has 23 heavy (non-hydrogen) atoms. The van der Waals surface area contributed by atoms with Crippen molar-refractivity contribution in [1.29, 1.82) is 0 Å². The molecule has 2 atom stereocenters. The minimum atomic E-state index is -1.17. The molecule has 0 aliphatic rings. The molecule has 1 amide bonds. The van der Waals surface area contributed by atoms with Crippen LogP contribution in [-0.2, 0) is 11.2 Å². The molecule has 122 valence electrons. The molecule has 2 rings (SSSR count). The van der Waals surface area contributed by atoms with E-state index in [1.165, 1.54) is 0 Å². The minimum absolute atomic E-state index is 0. The largest absolute Gasteiger partial charge is 0.480 e. The van der Waals surface area contributed by atoms with E-state index < -0.39 is 18.1 Å². The Kier molecular flexibility index (Phi) is 7.25. The summed E-state index contributed by atoms with van der Waals surface area (Å²) in [6, 6.07) is 16.1. The Morgan fingerprint density at radius 1 is 1.00 bits per heavy atom. The maximum atomic E-state index is 12.2. The fourth-order valence-electron chi connectivity index (χ4n) is 2.15. The lowest BCUT2D eigenvalue weighted by atomic mass is 9.99. The first-order valence-corrected chi connectivity index (χ1v) is 6.96. The number of hydrogen-bond acceptors (Lipinski definition) is 3. The number of amides is 1. The predicted octanol–water partition coefficient (Wildman–Crippen LogP) is 1.86. The lowest BCUT2D eigenvalue weighted by Gasteiger charge is -2.22. The maximum absolute atomic E-state index is 12.2. The van der Waals surface area contributed by atoms with E-state index in [1.807, 2.05) is 30.3 Å². The molecule has 4 N–H and O–H groups in total. The van der Waals surface area contributed by atoms with Crippen LogP contribution < -0.4 is 11.1 Å². The molecule has 5 nitrogen and oxygen atoms in total. The second-order valence-corrected chi connectivity index (χ2v) is 5.00. The Bertz CT molecular complexity index is 635. The van der Waals surface area contributed by atoms with Crippen LogP contribution in [0.15, 0.2) is 60.7 Å². The molecule has 0 heterocycles. The number of carboxylic acid groups (broad SMARTS) is 1. The third-order valence-corrected chi connectivity index (χ3v) is 3.37. The molecule has 0 aromatic heterocycles. The number of nitrogens with one attached hydrogen (secondary N) is 1. The Morgan fingerprint density at radius 2 is 1.52 bits per heavy atom. The highest BCUT2D eigenvalue weighted by molar-refractivity contribution is 5.94. The van der Waals surface area contributed by atoms with Gasteiger partial charge >= 0.3 is 5.97 Å². The van der Waals surface area contributed by atoms with Crippen LogP contribution in [-0.4, -0.2) is 29.1 Å². The van der Waals surface area contributed by atoms with Crippen molar-refractivity contribution in [1.82, 2.24) is 5.32 Å². The molecule has 0 aliphatic carbocycles. The number of nitrogens with two attached hydrogens (primary N) is 1. The second-order valence-electron chi connectivity index (χ2n) is 5.00. The van der Waals surface area contributed by atoms with Gasteiger partial charge in [0.25, 0.3) is 5.91 Å². The molecular weight excluding hydrogens is 316 g/mol. The zero-order valence-corrected chi connectivity index (χ0v) is 13.2. The molecule has 0 saturated heterocycles. The van der Waals surface area contributed by atoms with Crippen molar-refractivity contribution < 1.29 is 14.7 Å². The first-order valence-electron chi connectivity index (χ1n) is 6.96. The topological polar surface area (TPSA) is 92.4 Å². The summed E-state index contributed by atoms with van der Waals surface area (Å²) < 4.78 is 0. The molecule has 6 heteroatoms. The summed E-state index contributed by atoms with van der Waals surface area (Å²) in [5, 5.41) is 11.9. The van der Waals surface area contributed by atoms with Crippen molar-refractivity contribution in [3.05, 3.63) is 71.8 Å². The van der Waals surface area contributed by atoms with Crippen molar-refractivity contribution in [2.75, 3.05) is 0 Å². The standard InChI is InChI=1S/C17H18N2O3.ClH/c18-15(17(21)22)14(11-12-7-3-1-4-8-12)19-16(20)13-9-5-2-6-10-13;/h1-10,14-15H,11,18H2,(H,19,20)(H,21,22);1H/t14-,15?;/m0./s1. The summed E-state index contributed by atoms with van der Waals surface area (Å²) >= 11 is 0. The molecule has 2 aromatic rings. The summed E-state index contributed by atoms with van der Waals surface area (Å²) in [6.45, 7) is 0. The minimum Gasteiger partial charge on any atom is -0.480 e. The lowest BCUT2D eigenvalue weighted by Crippen LogP contribution is -2.52. The average molecular weight is 335 g/mol. The number of rotatable bonds is 6. The summed E-state index contributed by atoms with van der Waals surface area (Å²) in [5.74, 6) is -1.48. The van der Waals surface area contributed by atoms with Gasteiger partial charge in [-0.2, -0.15) is 0 Å². The van der Waals surface area contributed by atoms with Crippen LogP contribution in [0.25, 0.3) is 0 Å². The second kappa shape index (κ2) is 8.92. The Morgan fingerprint density at radius 3 is 2.04 bits per heavy atom. The van der Waals surface area contributed by atoms with Crippen LogP contribution in [0.5, 0.6) is 0 Å². The predicted molar refractivity (Wildman–Crippen MR) is 90.7 cm³/mol. The van der Waals surface area contributed by atoms with Crippen molar-refractivity contribution in [2.24, 2.45) is 5.73 Å². The number of benzene rings is 2. The Labute approximate surface area is 140 Å². The first kappa shape index (κ1) is 18.7. The SMILES string of the molecule is Cl.NC(C(=O)O)[C@H](Cc1ccccc1)NC(=O)c1ccccc1. The molecule has 2 aromatic carbocycles. The first-order chi connectivity index (χ1) is 10.6. The fraction of sp³-hybridized carbons (Fsp3) is 0.176. The van der Waals surface area contributed by atoms with Gasteiger partial charge in [-0.1, -0.05) is 48.5 Å². The van der Waals surface area contributed by atoms with Gasteiger partial charge in [0.2, 0.25) is 0 Å². The van der Waals surface area contributed by atoms with Crippen molar-refractivity contribution in [2.45, 2.75) is 18.5 Å². The summed E-state index contributed by atoms with van der Waals surface area (Å²) in [7, 11) is 0. The molecule has 1 unspecified atom stereocenters. The highest BCUT2D eigenvalue weighted by Crippen LogP contribution is 2.07. The van der Waals surface area contributed by atoms with Gasteiger partial charge in [-0.25, -0.2) is 0 Å². The van der Waals surface area contributed by atoms with Gasteiger partial charge in [-0.15, -0.1) is 12.4 Å². The lowest BCUT2D eigenvalue weighted by molar-refractivity contribution is -0.139. The Balaban J connectivity index is 0.00000264. The molecule has 0 spiro atoms. The summed E-state index contributed by atoms with van der Waals surface area (Å²) in [5.41, 5.74) is 7.11. The van der Waals surface area contributed by atoms with Crippen LogP contribution in [0, 0.1) is 0 Å². The van der Waals surface area contributed by atoms with Gasteiger partial charge < -0.3 is 16.2 Å². The van der Waals surface area contributed by atoms with E-state index in [0.29, 0.717) is 12.0 Å². The number of halogens is 1. The fourth-order valence-corrected chi connectivity index (χ4v) is 2.15. The third-order valence-electron chi connectivity index (χ3n) is 3.37. The van der Waals surface area contributed by atoms with Crippen molar-refractivity contribution >= 4 is 24.3 Å². The molecular formula is C17H19ClN2O3. The summed E-state index contributed by atoms with van der Waals surface area (Å²) in [4.78, 5) is 23.4. The van der Waals surface area contributed by atoms with Crippen LogP contribution in [0.2, 0.25) is 0 Å². The van der Waals surface area contributed by atoms with E-state index in [-0.39, 0.29) is 18.3 Å². The van der Waals surface area contributed by atoms with E-state index in [1.54, 1.807) is 30.3 Å². The van der Waals surface area contributed by atoms with E-state index in [2.05, 4.69) is 5.32 Å². The highest BCUT2D eigenvalue weighted by Gasteiger charge is 2.26. The number of carbonyl (C=O) groups is 2. The quantitative estimate of drug-likeness (QED) is 0.751. The van der Waals surface area contributed by atoms with Gasteiger partial charge in [0.15, 0.2) is 0 Å². The van der Waals surface area contributed by atoms with Crippen LogP contribution in [0.3, 0.4) is 0 Å². The van der Waals surface area contributed by atoms with Crippen molar-refractivity contribution in [3.63, 3.8) is 0 Å². The zero-order chi connectivity index (χ0) is 15.9. The maximum Gasteiger partial charge on any atom is 0.322 e. The zero-order valence-electron chi connectivity index (χ0n) is 12.4. The monoisotopic (exact) mass is 334 g/mol. The molecule has 0 aliphatic heterocycles. The summed E-state index contributed by atoms with van der Waals surface area (Å²) in [6.07, 6.45) is 0.354. The number of carboxylic acids is 1. The smallest absolute Gasteiger partial charge is 0.322 e. The number of carbonyl (C=O) groups excluding carboxylic acids is 1. The molecule has 0 saturated carbocycles. The molecule has 0 fully saturated rings. The van der Waals surface area contributed by atoms with Crippen LogP contribution in [0.4, 0.5) is 0 Å². The average Bonchev–Trinajstić information content (AvgIpc) is 2.55. The van der Waals surface area contributed by atoms with Gasteiger partial charge in [-0.05, 0) is 24.1 Å².